The maximum atomic E-state index is 14.7. The summed E-state index contributed by atoms with van der Waals surface area (Å²) in [6, 6.07) is 66.6. The van der Waals surface area contributed by atoms with Crippen molar-refractivity contribution in [3.8, 4) is 28.4 Å². The van der Waals surface area contributed by atoms with Crippen molar-refractivity contribution >= 4 is 61.6 Å². The number of aromatic nitrogens is 2. The molecule has 10 aromatic rings. The van der Waals surface area contributed by atoms with E-state index in [1.165, 1.54) is 12.1 Å². The molecule has 11 rings (SSSR count). The molecule has 6 nitrogen and oxygen atoms in total. The van der Waals surface area contributed by atoms with Crippen LogP contribution in [0.4, 0.5) is 48.6 Å². The molecule has 0 atom stereocenters. The molecule has 0 bridgehead atoms. The van der Waals surface area contributed by atoms with Gasteiger partial charge in [0.2, 0.25) is 0 Å². The molecule has 0 aliphatic carbocycles. The third kappa shape index (κ3) is 8.55. The smallest absolute Gasteiger partial charge is 0.135 e. The fourth-order valence-corrected chi connectivity index (χ4v) is 9.41. The molecule has 8 aromatic carbocycles. The molecule has 0 saturated carbocycles. The largest absolute Gasteiger partial charge is 0.509 e. The maximum Gasteiger partial charge on any atom is 0.135 e. The molecule has 0 N–H and O–H groups in total. The first kappa shape index (κ1) is 45.3. The first-order valence-electron chi connectivity index (χ1n) is 22.9. The van der Waals surface area contributed by atoms with E-state index in [9.17, 15) is 8.78 Å². The van der Waals surface area contributed by atoms with Crippen LogP contribution in [0.15, 0.2) is 188 Å². The monoisotopic (exact) mass is 1090 g/mol. The summed E-state index contributed by atoms with van der Waals surface area (Å²) in [4.78, 5) is 11.4. The molecule has 0 spiro atoms. The van der Waals surface area contributed by atoms with Crippen molar-refractivity contribution in [1.82, 2.24) is 9.55 Å². The minimum Gasteiger partial charge on any atom is -0.509 e. The summed E-state index contributed by atoms with van der Waals surface area (Å²) in [6.45, 7) is 10.8. The summed E-state index contributed by atoms with van der Waals surface area (Å²) in [5.41, 5.74) is 11.8. The Hall–Kier alpha value is -7.54. The normalized spacial score (nSPS) is 12.2. The molecule has 1 aliphatic heterocycles. The standard InChI is InChI=1S/C60H46F2N5O.Pt/c1-39(2)53-31-42(41-29-43(61)33-44(62)30-41)32-54(40(3)4)60(53)65-38-64(56-23-13-14-24-57(56)65)47-34-48(66(45-17-7-5-8-18-45)46-19-9-6-10-20-46)36-50(35-47)68-49-26-27-52-51-21-11-12-22-55(51)67(58(52)37-49)59-25-15-16-28-63-59;/h5-34,36,38-40H,1-4H3;/q-3;. The third-order valence-corrected chi connectivity index (χ3v) is 12.5. The number of nitrogens with zero attached hydrogens (tertiary/aromatic N) is 5. The van der Waals surface area contributed by atoms with Gasteiger partial charge in [0, 0.05) is 78.8 Å². The van der Waals surface area contributed by atoms with Crippen molar-refractivity contribution in [2.45, 2.75) is 39.5 Å². The number of halogens is 2. The summed E-state index contributed by atoms with van der Waals surface area (Å²) < 4.78 is 38.4. The Morgan fingerprint density at radius 1 is 0.551 bits per heavy atom. The van der Waals surface area contributed by atoms with Gasteiger partial charge in [-0.05, 0) is 118 Å². The molecule has 1 aliphatic rings. The predicted octanol–water partition coefficient (Wildman–Crippen LogP) is 16.6. The molecule has 3 heterocycles. The van der Waals surface area contributed by atoms with E-state index in [1.54, 1.807) is 6.20 Å². The summed E-state index contributed by atoms with van der Waals surface area (Å²) in [5.74, 6) is 0.732. The number of hydrogen-bond donors (Lipinski definition) is 0. The molecule has 0 fully saturated rings. The number of anilines is 7. The molecular formula is C60H46F2N5OPt-3. The van der Waals surface area contributed by atoms with E-state index < -0.39 is 11.6 Å². The second-order valence-corrected chi connectivity index (χ2v) is 17.6. The first-order chi connectivity index (χ1) is 33.2. The minimum atomic E-state index is -0.607. The molecule has 0 saturated heterocycles. The molecule has 0 unspecified atom stereocenters. The fraction of sp³-hybridized carbons (Fsp3) is 0.100. The first-order valence-corrected chi connectivity index (χ1v) is 22.9. The van der Waals surface area contributed by atoms with Gasteiger partial charge >= 0.3 is 0 Å². The number of para-hydroxylation sites is 5. The Labute approximate surface area is 415 Å². The maximum absolute atomic E-state index is 14.7. The number of rotatable bonds is 11. The Morgan fingerprint density at radius 2 is 1.14 bits per heavy atom. The van der Waals surface area contributed by atoms with Crippen molar-refractivity contribution < 1.29 is 34.6 Å². The number of hydrogen-bond acceptors (Lipinski definition) is 5. The Bertz CT molecular complexity index is 3380. The van der Waals surface area contributed by atoms with E-state index in [4.69, 9.17) is 9.72 Å². The quantitative estimate of drug-likeness (QED) is 0.121. The van der Waals surface area contributed by atoms with E-state index >= 15 is 0 Å². The van der Waals surface area contributed by atoms with Gasteiger partial charge in [0.15, 0.2) is 0 Å². The average Bonchev–Trinajstić information content (AvgIpc) is 3.90. The van der Waals surface area contributed by atoms with Crippen molar-refractivity contribution in [2.24, 2.45) is 0 Å². The number of ether oxygens (including phenoxy) is 1. The summed E-state index contributed by atoms with van der Waals surface area (Å²) in [5, 5.41) is 2.14. The van der Waals surface area contributed by atoms with E-state index in [-0.39, 0.29) is 32.9 Å². The zero-order valence-electron chi connectivity index (χ0n) is 38.3. The zero-order valence-corrected chi connectivity index (χ0v) is 40.6. The van der Waals surface area contributed by atoms with Crippen molar-refractivity contribution in [3.63, 3.8) is 0 Å². The van der Waals surface area contributed by atoms with Gasteiger partial charge in [-0.15, -0.1) is 42.4 Å². The molecule has 9 heteroatoms. The number of pyridine rings is 1. The van der Waals surface area contributed by atoms with Gasteiger partial charge in [0.05, 0.1) is 0 Å². The number of fused-ring (bicyclic) bond motifs is 4. The molecule has 344 valence electrons. The van der Waals surface area contributed by atoms with Crippen LogP contribution in [-0.2, 0) is 21.1 Å². The number of benzene rings is 8. The van der Waals surface area contributed by atoms with Crippen LogP contribution < -0.4 is 19.4 Å². The zero-order chi connectivity index (χ0) is 46.5. The van der Waals surface area contributed by atoms with Crippen LogP contribution in [-0.4, -0.2) is 9.55 Å². The van der Waals surface area contributed by atoms with E-state index in [0.717, 1.165) is 90.2 Å². The molecule has 2 aromatic heterocycles. The van der Waals surface area contributed by atoms with Crippen LogP contribution in [0.3, 0.4) is 0 Å². The molecule has 69 heavy (non-hydrogen) atoms. The van der Waals surface area contributed by atoms with Crippen LogP contribution in [0.2, 0.25) is 0 Å². The van der Waals surface area contributed by atoms with Crippen LogP contribution in [0.1, 0.15) is 50.7 Å². The van der Waals surface area contributed by atoms with E-state index in [2.05, 4.69) is 145 Å². The Balaban J connectivity index is 0.00000553. The van der Waals surface area contributed by atoms with Gasteiger partial charge < -0.3 is 24.0 Å². The minimum absolute atomic E-state index is 0. The topological polar surface area (TPSA) is 36.8 Å². The second-order valence-electron chi connectivity index (χ2n) is 17.6. The molecular weight excluding hydrogens is 1040 g/mol. The van der Waals surface area contributed by atoms with Gasteiger partial charge in [0.25, 0.3) is 0 Å². The van der Waals surface area contributed by atoms with Gasteiger partial charge in [-0.2, -0.15) is 6.07 Å². The SMILES string of the molecule is CC(C)c1cc(-c2cc(F)cc(F)c2)cc(C(C)C)c1N1[CH-]N(c2[c-]c(Oc3[c-]c4c(cc3)c3ccccc3n4-c3ccccn3)cc(N(c3ccccc3)c3ccccc3)c2)c2ccccc21.[Pt]. The van der Waals surface area contributed by atoms with Gasteiger partial charge in [-0.3, -0.25) is 0 Å². The van der Waals surface area contributed by atoms with Crippen molar-refractivity contribution in [1.29, 1.82) is 0 Å². The average molecular weight is 1090 g/mol. The summed E-state index contributed by atoms with van der Waals surface area (Å²) >= 11 is 0. The van der Waals surface area contributed by atoms with E-state index in [0.29, 0.717) is 17.1 Å². The molecule has 0 amide bonds. The van der Waals surface area contributed by atoms with Crippen LogP contribution in [0.5, 0.6) is 11.5 Å². The van der Waals surface area contributed by atoms with Crippen molar-refractivity contribution in [3.05, 3.63) is 230 Å². The Kier molecular flexibility index (Phi) is 12.4. The summed E-state index contributed by atoms with van der Waals surface area (Å²) in [7, 11) is 0. The molecule has 0 radical (unpaired) electrons. The van der Waals surface area contributed by atoms with Crippen LogP contribution >= 0.6 is 0 Å². The van der Waals surface area contributed by atoms with E-state index in [1.807, 2.05) is 84.9 Å². The predicted molar refractivity (Wildman–Crippen MR) is 272 cm³/mol. The van der Waals surface area contributed by atoms with Gasteiger partial charge in [-0.25, -0.2) is 13.8 Å². The van der Waals surface area contributed by atoms with Gasteiger partial charge in [0.1, 0.15) is 17.5 Å². The fourth-order valence-electron chi connectivity index (χ4n) is 9.41. The van der Waals surface area contributed by atoms with Crippen molar-refractivity contribution in [2.75, 3.05) is 14.7 Å². The van der Waals surface area contributed by atoms with Crippen LogP contribution in [0, 0.1) is 30.4 Å². The van der Waals surface area contributed by atoms with Crippen LogP contribution in [0.25, 0.3) is 38.8 Å². The Morgan fingerprint density at radius 3 is 1.78 bits per heavy atom. The van der Waals surface area contributed by atoms with Gasteiger partial charge in [-0.1, -0.05) is 117 Å². The summed E-state index contributed by atoms with van der Waals surface area (Å²) in [6.07, 6.45) is 1.80. The second kappa shape index (κ2) is 18.9. The third-order valence-electron chi connectivity index (χ3n) is 12.5.